The predicted octanol–water partition coefficient (Wildman–Crippen LogP) is 8.87. The largest absolute Gasteiger partial charge is 0.496 e. The molecule has 0 spiro atoms. The minimum Gasteiger partial charge on any atom is -0.496 e. The first-order chi connectivity index (χ1) is 33.9. The number of hydrogen-bond donors (Lipinski definition) is 3. The van der Waals surface area contributed by atoms with Gasteiger partial charge in [-0.1, -0.05) is 42.5 Å². The minimum absolute atomic E-state index is 0.114. The Kier molecular flexibility index (Phi) is 17.2. The van der Waals surface area contributed by atoms with Gasteiger partial charge in [0.2, 0.25) is 0 Å². The Morgan fingerprint density at radius 3 is 1.51 bits per heavy atom. The monoisotopic (exact) mass is 942 g/mol. The Bertz CT molecular complexity index is 2570. The van der Waals surface area contributed by atoms with Crippen molar-refractivity contribution in [2.75, 3.05) is 89.0 Å². The Morgan fingerprint density at radius 1 is 0.580 bits per heavy atom. The van der Waals surface area contributed by atoms with Crippen LogP contribution in [0.15, 0.2) is 84.9 Å². The number of aryl methyl sites for hydroxylation is 1. The van der Waals surface area contributed by atoms with Crippen molar-refractivity contribution in [3.05, 3.63) is 102 Å². The molecule has 0 amide bonds. The van der Waals surface area contributed by atoms with E-state index >= 15 is 0 Å². The SMILES string of the molecule is CO.COc1ccccc1C1CCN(c2nc(OC3CCC3)nc3ccc(CCCO)cc23)CC1.COc1ccccc1C1CCN(c2nc(OC3CCC3)nc3ccc(N(C)CCO)cc23)CC1. The van der Waals surface area contributed by atoms with Gasteiger partial charge in [0.05, 0.1) is 31.9 Å². The van der Waals surface area contributed by atoms with Gasteiger partial charge in [-0.3, -0.25) is 0 Å². The summed E-state index contributed by atoms with van der Waals surface area (Å²) in [5, 5.41) is 27.7. The molecule has 0 atom stereocenters. The number of rotatable bonds is 16. The summed E-state index contributed by atoms with van der Waals surface area (Å²) in [5.74, 6) is 4.82. The number of nitrogens with zero attached hydrogens (tertiary/aromatic N) is 7. The zero-order chi connectivity index (χ0) is 48.1. The number of piperidine rings is 2. The van der Waals surface area contributed by atoms with Gasteiger partial charge in [0.15, 0.2) is 0 Å². The van der Waals surface area contributed by atoms with E-state index in [0.717, 1.165) is 148 Å². The van der Waals surface area contributed by atoms with Crippen molar-refractivity contribution in [3.63, 3.8) is 0 Å². The average molecular weight is 942 g/mol. The van der Waals surface area contributed by atoms with Crippen LogP contribution in [0.1, 0.15) is 99.2 Å². The number of methoxy groups -OCH3 is 2. The van der Waals surface area contributed by atoms with Gasteiger partial charge in [-0.25, -0.2) is 0 Å². The summed E-state index contributed by atoms with van der Waals surface area (Å²) in [6, 6.07) is 30.3. The molecule has 14 heteroatoms. The van der Waals surface area contributed by atoms with Crippen LogP contribution in [-0.2, 0) is 6.42 Å². The van der Waals surface area contributed by atoms with Crippen LogP contribution in [0, 0.1) is 0 Å². The Labute approximate surface area is 407 Å². The number of likely N-dealkylation sites (N-methyl/N-ethyl adjacent to an activating group) is 1. The van der Waals surface area contributed by atoms with E-state index < -0.39 is 0 Å². The van der Waals surface area contributed by atoms with Gasteiger partial charge >= 0.3 is 12.0 Å². The number of para-hydroxylation sites is 2. The molecule has 3 N–H and O–H groups in total. The lowest BCUT2D eigenvalue weighted by atomic mass is 9.88. The molecule has 368 valence electrons. The van der Waals surface area contributed by atoms with Gasteiger partial charge in [0, 0.05) is 69.9 Å². The Morgan fingerprint density at radius 2 is 1.06 bits per heavy atom. The smallest absolute Gasteiger partial charge is 0.319 e. The first-order valence-corrected chi connectivity index (χ1v) is 25.0. The second-order valence-corrected chi connectivity index (χ2v) is 18.5. The van der Waals surface area contributed by atoms with Crippen molar-refractivity contribution < 1.29 is 34.3 Å². The summed E-state index contributed by atoms with van der Waals surface area (Å²) in [6.07, 6.45) is 13.0. The zero-order valence-corrected chi connectivity index (χ0v) is 40.9. The number of benzene rings is 4. The Balaban J connectivity index is 0.000000180. The van der Waals surface area contributed by atoms with E-state index in [1.54, 1.807) is 14.2 Å². The summed E-state index contributed by atoms with van der Waals surface area (Å²) >= 11 is 0. The van der Waals surface area contributed by atoms with Crippen LogP contribution < -0.4 is 33.6 Å². The third kappa shape index (κ3) is 11.9. The van der Waals surface area contributed by atoms with Crippen molar-refractivity contribution in [1.82, 2.24) is 19.9 Å². The van der Waals surface area contributed by atoms with Crippen LogP contribution in [0.2, 0.25) is 0 Å². The zero-order valence-electron chi connectivity index (χ0n) is 40.9. The van der Waals surface area contributed by atoms with E-state index in [1.807, 2.05) is 31.3 Å². The highest BCUT2D eigenvalue weighted by Crippen LogP contribution is 2.40. The molecule has 69 heavy (non-hydrogen) atoms. The van der Waals surface area contributed by atoms with Crippen LogP contribution in [0.5, 0.6) is 23.5 Å². The molecule has 2 saturated carbocycles. The Hall–Kier alpha value is -5.96. The first-order valence-electron chi connectivity index (χ1n) is 25.0. The number of aromatic nitrogens is 4. The lowest BCUT2D eigenvalue weighted by Gasteiger charge is -2.34. The highest BCUT2D eigenvalue weighted by Gasteiger charge is 2.29. The number of aliphatic hydroxyl groups is 3. The third-order valence-corrected chi connectivity index (χ3v) is 14.3. The highest BCUT2D eigenvalue weighted by molar-refractivity contribution is 5.93. The molecule has 2 aromatic heterocycles. The minimum atomic E-state index is 0.114. The molecule has 4 heterocycles. The molecule has 2 saturated heterocycles. The van der Waals surface area contributed by atoms with E-state index in [0.29, 0.717) is 30.4 Å². The molecular formula is C55H71N7O7. The third-order valence-electron chi connectivity index (χ3n) is 14.3. The second-order valence-electron chi connectivity index (χ2n) is 18.5. The fourth-order valence-corrected chi connectivity index (χ4v) is 9.85. The predicted molar refractivity (Wildman–Crippen MR) is 274 cm³/mol. The van der Waals surface area contributed by atoms with Crippen molar-refractivity contribution in [1.29, 1.82) is 0 Å². The number of aliphatic hydroxyl groups excluding tert-OH is 3. The van der Waals surface area contributed by atoms with Crippen molar-refractivity contribution in [2.45, 2.75) is 101 Å². The molecule has 4 aliphatic rings. The standard InChI is InChI=1S/C27H34N4O3.C27H33N3O3.CH4O/c1-30(16-17-32)20-10-11-24-23(18-20)26(29-27(28-24)34-21-6-5-7-21)31-14-12-19(13-15-31)22-8-3-4-9-25(22)33-2;1-32-25-10-3-2-9-22(25)20-13-15-30(16-14-20)26-23-18-19(6-5-17-31)11-12-24(23)28-27(29-26)33-21-7-4-8-21;1-2/h3-4,8-11,18-19,21,32H,5-7,12-17H2,1-2H3;2-3,9-12,18,20-21,31H,4-8,13-17H2,1H3;2H,1H3. The van der Waals surface area contributed by atoms with Gasteiger partial charge in [0.25, 0.3) is 0 Å². The van der Waals surface area contributed by atoms with E-state index in [9.17, 15) is 10.2 Å². The maximum atomic E-state index is 9.37. The fourth-order valence-electron chi connectivity index (χ4n) is 9.85. The topological polar surface area (TPSA) is 159 Å². The van der Waals surface area contributed by atoms with Gasteiger partial charge < -0.3 is 49.0 Å². The number of fused-ring (bicyclic) bond motifs is 2. The summed E-state index contributed by atoms with van der Waals surface area (Å²) < 4.78 is 23.5. The molecule has 2 aliphatic carbocycles. The summed E-state index contributed by atoms with van der Waals surface area (Å²) in [5.41, 5.74) is 6.66. The van der Waals surface area contributed by atoms with Crippen LogP contribution in [0.25, 0.3) is 21.8 Å². The quantitative estimate of drug-likeness (QED) is 0.0845. The lowest BCUT2D eigenvalue weighted by Crippen LogP contribution is -2.34. The molecule has 10 rings (SSSR count). The molecule has 14 nitrogen and oxygen atoms in total. The van der Waals surface area contributed by atoms with Crippen LogP contribution in [0.4, 0.5) is 17.3 Å². The number of hydrogen-bond acceptors (Lipinski definition) is 14. The maximum absolute atomic E-state index is 9.37. The molecule has 0 bridgehead atoms. The number of anilines is 3. The molecule has 0 unspecified atom stereocenters. The molecule has 4 fully saturated rings. The van der Waals surface area contributed by atoms with Gasteiger partial charge in [-0.05, 0) is 148 Å². The van der Waals surface area contributed by atoms with Gasteiger partial charge in [-0.15, -0.1) is 0 Å². The van der Waals surface area contributed by atoms with Crippen molar-refractivity contribution >= 4 is 39.1 Å². The van der Waals surface area contributed by atoms with E-state index in [4.69, 9.17) is 44.0 Å². The lowest BCUT2D eigenvalue weighted by molar-refractivity contribution is 0.109. The highest BCUT2D eigenvalue weighted by atomic mass is 16.5. The van der Waals surface area contributed by atoms with E-state index in [1.165, 1.54) is 29.5 Å². The van der Waals surface area contributed by atoms with Crippen LogP contribution >= 0.6 is 0 Å². The normalized spacial score (nSPS) is 16.7. The summed E-state index contributed by atoms with van der Waals surface area (Å²) in [6.45, 7) is 4.57. The fraction of sp³-hybridized carbons (Fsp3) is 0.491. The molecule has 0 radical (unpaired) electrons. The van der Waals surface area contributed by atoms with Crippen molar-refractivity contribution in [2.24, 2.45) is 0 Å². The number of ether oxygens (including phenoxy) is 4. The summed E-state index contributed by atoms with van der Waals surface area (Å²) in [7, 11) is 6.49. The molecule has 6 aromatic rings. The molecular weight excluding hydrogens is 871 g/mol. The van der Waals surface area contributed by atoms with Gasteiger partial charge in [-0.2, -0.15) is 19.9 Å². The second kappa shape index (κ2) is 24.0. The van der Waals surface area contributed by atoms with Crippen LogP contribution in [0.3, 0.4) is 0 Å². The average Bonchev–Trinajstić information content (AvgIpc) is 3.38. The van der Waals surface area contributed by atoms with Crippen molar-refractivity contribution in [3.8, 4) is 23.5 Å². The van der Waals surface area contributed by atoms with E-state index in [2.05, 4.69) is 75.4 Å². The summed E-state index contributed by atoms with van der Waals surface area (Å²) in [4.78, 5) is 26.1. The van der Waals surface area contributed by atoms with E-state index in [-0.39, 0.29) is 25.4 Å². The van der Waals surface area contributed by atoms with Gasteiger partial charge in [0.1, 0.15) is 35.3 Å². The molecule has 2 aliphatic heterocycles. The first kappa shape index (κ1) is 49.5. The van der Waals surface area contributed by atoms with Crippen LogP contribution in [-0.4, -0.2) is 122 Å². The maximum Gasteiger partial charge on any atom is 0.319 e. The molecule has 4 aromatic carbocycles.